The maximum absolute atomic E-state index is 11.9. The summed E-state index contributed by atoms with van der Waals surface area (Å²) in [5, 5.41) is 4.84. The molecule has 0 fully saturated rings. The molecule has 0 aliphatic carbocycles. The van der Waals surface area contributed by atoms with Crippen LogP contribution < -0.4 is 16.4 Å². The molecular formula is C15H13N5O2. The number of urea groups is 1. The predicted molar refractivity (Wildman–Crippen MR) is 83.4 cm³/mol. The molecule has 110 valence electrons. The van der Waals surface area contributed by atoms with Crippen molar-refractivity contribution in [3.63, 3.8) is 0 Å². The Hall–Kier alpha value is -3.35. The third kappa shape index (κ3) is 2.88. The molecule has 0 aliphatic rings. The molecule has 0 saturated carbocycles. The van der Waals surface area contributed by atoms with Gasteiger partial charge in [0, 0.05) is 16.9 Å². The maximum Gasteiger partial charge on any atom is 0.326 e. The molecule has 0 atom stereocenters. The van der Waals surface area contributed by atoms with E-state index >= 15 is 0 Å². The van der Waals surface area contributed by atoms with E-state index in [1.807, 2.05) is 0 Å². The lowest BCUT2D eigenvalue weighted by Gasteiger charge is -2.07. The number of carbonyl (C=O) groups is 2. The minimum absolute atomic E-state index is 0.355. The van der Waals surface area contributed by atoms with Crippen LogP contribution in [0.1, 0.15) is 10.4 Å². The summed E-state index contributed by atoms with van der Waals surface area (Å²) in [5.74, 6) is -0.500. The van der Waals surface area contributed by atoms with Crippen LogP contribution in [0.2, 0.25) is 0 Å². The Kier molecular flexibility index (Phi) is 3.45. The van der Waals surface area contributed by atoms with Gasteiger partial charge in [0.1, 0.15) is 0 Å². The number of aromatic amines is 1. The number of imide groups is 1. The molecule has 0 unspecified atom stereocenters. The zero-order valence-electron chi connectivity index (χ0n) is 11.5. The van der Waals surface area contributed by atoms with Gasteiger partial charge in [0.2, 0.25) is 0 Å². The second-order valence-electron chi connectivity index (χ2n) is 4.66. The van der Waals surface area contributed by atoms with E-state index in [1.54, 1.807) is 48.8 Å². The number of aromatic nitrogens is 2. The van der Waals surface area contributed by atoms with Crippen LogP contribution in [0.5, 0.6) is 0 Å². The molecule has 22 heavy (non-hydrogen) atoms. The Morgan fingerprint density at radius 1 is 1.09 bits per heavy atom. The number of amides is 3. The van der Waals surface area contributed by atoms with Crippen molar-refractivity contribution >= 4 is 34.3 Å². The number of H-pyrrole nitrogens is 1. The van der Waals surface area contributed by atoms with Gasteiger partial charge in [0.05, 0.1) is 17.4 Å². The van der Waals surface area contributed by atoms with Crippen LogP contribution in [-0.2, 0) is 0 Å². The van der Waals surface area contributed by atoms with Gasteiger partial charge in [-0.3, -0.25) is 10.1 Å². The number of nitrogens with two attached hydrogens (primary N) is 1. The number of fused-ring (bicyclic) bond motifs is 1. The third-order valence-electron chi connectivity index (χ3n) is 3.08. The molecule has 3 aromatic rings. The van der Waals surface area contributed by atoms with E-state index in [2.05, 4.69) is 20.6 Å². The zero-order chi connectivity index (χ0) is 15.5. The molecule has 0 saturated heterocycles. The zero-order valence-corrected chi connectivity index (χ0v) is 11.5. The molecule has 0 bridgehead atoms. The van der Waals surface area contributed by atoms with Gasteiger partial charge < -0.3 is 16.0 Å². The first-order valence-electron chi connectivity index (χ1n) is 6.53. The summed E-state index contributed by atoms with van der Waals surface area (Å²) in [7, 11) is 0. The predicted octanol–water partition coefficient (Wildman–Crippen LogP) is 2.11. The number of imidazole rings is 1. The van der Waals surface area contributed by atoms with Crippen molar-refractivity contribution in [1.29, 1.82) is 0 Å². The first-order chi connectivity index (χ1) is 10.6. The molecular weight excluding hydrogens is 282 g/mol. The number of rotatable bonds is 2. The fourth-order valence-electron chi connectivity index (χ4n) is 1.99. The van der Waals surface area contributed by atoms with Crippen molar-refractivity contribution in [2.75, 3.05) is 11.1 Å². The summed E-state index contributed by atoms with van der Waals surface area (Å²) in [6, 6.07) is 10.9. The van der Waals surface area contributed by atoms with Crippen molar-refractivity contribution in [2.24, 2.45) is 0 Å². The number of anilines is 2. The first kappa shape index (κ1) is 13.6. The summed E-state index contributed by atoms with van der Waals surface area (Å²) < 4.78 is 0. The Morgan fingerprint density at radius 2 is 1.86 bits per heavy atom. The van der Waals surface area contributed by atoms with Crippen LogP contribution in [0.25, 0.3) is 11.0 Å². The maximum atomic E-state index is 11.9. The molecule has 0 radical (unpaired) electrons. The van der Waals surface area contributed by atoms with Crippen molar-refractivity contribution < 1.29 is 9.59 Å². The van der Waals surface area contributed by atoms with Gasteiger partial charge in [0.25, 0.3) is 5.91 Å². The van der Waals surface area contributed by atoms with Gasteiger partial charge in [0.15, 0.2) is 0 Å². The molecule has 5 N–H and O–H groups in total. The molecule has 7 heteroatoms. The molecule has 3 rings (SSSR count). The molecule has 1 aromatic heterocycles. The molecule has 1 heterocycles. The lowest BCUT2D eigenvalue weighted by Crippen LogP contribution is -2.34. The Labute approximate surface area is 125 Å². The highest BCUT2D eigenvalue weighted by atomic mass is 16.2. The van der Waals surface area contributed by atoms with Crippen LogP contribution in [-0.4, -0.2) is 21.9 Å². The highest BCUT2D eigenvalue weighted by molar-refractivity contribution is 6.08. The van der Waals surface area contributed by atoms with Crippen LogP contribution in [0.3, 0.4) is 0 Å². The minimum Gasteiger partial charge on any atom is -0.399 e. The van der Waals surface area contributed by atoms with E-state index in [4.69, 9.17) is 5.73 Å². The SMILES string of the molecule is Nc1ccc(C(=O)NC(=O)Nc2ccc3nc[nH]c3c2)cc1. The van der Waals surface area contributed by atoms with Gasteiger partial charge >= 0.3 is 6.03 Å². The number of carbonyl (C=O) groups excluding carboxylic acids is 2. The number of hydrogen-bond acceptors (Lipinski definition) is 4. The molecule has 2 aromatic carbocycles. The van der Waals surface area contributed by atoms with Gasteiger partial charge in [-0.1, -0.05) is 0 Å². The van der Waals surface area contributed by atoms with E-state index in [9.17, 15) is 9.59 Å². The van der Waals surface area contributed by atoms with Gasteiger partial charge in [-0.05, 0) is 42.5 Å². The lowest BCUT2D eigenvalue weighted by molar-refractivity contribution is 0.0967. The number of hydrogen-bond donors (Lipinski definition) is 4. The minimum atomic E-state index is -0.610. The monoisotopic (exact) mass is 295 g/mol. The third-order valence-corrected chi connectivity index (χ3v) is 3.08. The highest BCUT2D eigenvalue weighted by Gasteiger charge is 2.10. The number of nitrogens with zero attached hydrogens (tertiary/aromatic N) is 1. The number of benzene rings is 2. The molecule has 7 nitrogen and oxygen atoms in total. The largest absolute Gasteiger partial charge is 0.399 e. The number of nitrogens with one attached hydrogen (secondary N) is 3. The Bertz CT molecular complexity index is 839. The van der Waals surface area contributed by atoms with Gasteiger partial charge in [-0.15, -0.1) is 0 Å². The van der Waals surface area contributed by atoms with Crippen LogP contribution in [0.4, 0.5) is 16.2 Å². The Morgan fingerprint density at radius 3 is 2.64 bits per heavy atom. The fourth-order valence-corrected chi connectivity index (χ4v) is 1.99. The number of nitrogen functional groups attached to an aromatic ring is 1. The normalized spacial score (nSPS) is 10.4. The topological polar surface area (TPSA) is 113 Å². The summed E-state index contributed by atoms with van der Waals surface area (Å²) in [6.45, 7) is 0. The first-order valence-corrected chi connectivity index (χ1v) is 6.53. The van der Waals surface area contributed by atoms with Gasteiger partial charge in [-0.25, -0.2) is 9.78 Å². The molecule has 3 amide bonds. The average molecular weight is 295 g/mol. The van der Waals surface area contributed by atoms with E-state index < -0.39 is 11.9 Å². The fraction of sp³-hybridized carbons (Fsp3) is 0. The Balaban J connectivity index is 1.66. The van der Waals surface area contributed by atoms with Crippen molar-refractivity contribution in [3.05, 3.63) is 54.4 Å². The van der Waals surface area contributed by atoms with E-state index in [0.29, 0.717) is 16.9 Å². The summed E-state index contributed by atoms with van der Waals surface area (Å²) >= 11 is 0. The van der Waals surface area contributed by atoms with Crippen LogP contribution >= 0.6 is 0 Å². The lowest BCUT2D eigenvalue weighted by atomic mass is 10.2. The summed E-state index contributed by atoms with van der Waals surface area (Å²) in [5.41, 5.74) is 8.60. The second-order valence-corrected chi connectivity index (χ2v) is 4.66. The van der Waals surface area contributed by atoms with Crippen LogP contribution in [0, 0.1) is 0 Å². The summed E-state index contributed by atoms with van der Waals surface area (Å²) in [6.07, 6.45) is 1.57. The van der Waals surface area contributed by atoms with Crippen molar-refractivity contribution in [3.8, 4) is 0 Å². The smallest absolute Gasteiger partial charge is 0.326 e. The van der Waals surface area contributed by atoms with Crippen molar-refractivity contribution in [2.45, 2.75) is 0 Å². The molecule has 0 aliphatic heterocycles. The average Bonchev–Trinajstić information content (AvgIpc) is 2.95. The van der Waals surface area contributed by atoms with E-state index in [-0.39, 0.29) is 0 Å². The van der Waals surface area contributed by atoms with Gasteiger partial charge in [-0.2, -0.15) is 0 Å². The van der Waals surface area contributed by atoms with Crippen LogP contribution in [0.15, 0.2) is 48.8 Å². The highest BCUT2D eigenvalue weighted by Crippen LogP contribution is 2.15. The quantitative estimate of drug-likeness (QED) is 0.542. The molecule has 0 spiro atoms. The second kappa shape index (κ2) is 5.57. The standard InChI is InChI=1S/C15H13N5O2/c16-10-3-1-9(2-4-10)14(21)20-15(22)19-11-5-6-12-13(7-11)18-8-17-12/h1-8H,16H2,(H,17,18)(H2,19,20,21,22). The van der Waals surface area contributed by atoms with E-state index in [0.717, 1.165) is 11.0 Å². The summed E-state index contributed by atoms with van der Waals surface area (Å²) in [4.78, 5) is 30.8. The van der Waals surface area contributed by atoms with Crippen molar-refractivity contribution in [1.82, 2.24) is 15.3 Å². The van der Waals surface area contributed by atoms with E-state index in [1.165, 1.54) is 0 Å².